The van der Waals surface area contributed by atoms with Crippen molar-refractivity contribution in [2.24, 2.45) is 0 Å². The summed E-state index contributed by atoms with van der Waals surface area (Å²) >= 11 is 0. The molecule has 1 aromatic carbocycles. The Morgan fingerprint density at radius 2 is 1.58 bits per heavy atom. The van der Waals surface area contributed by atoms with E-state index in [2.05, 4.69) is 18.1 Å². The molecule has 22 heteroatoms. The summed E-state index contributed by atoms with van der Waals surface area (Å²) in [6.07, 6.45) is -4.62. The van der Waals surface area contributed by atoms with Crippen LogP contribution in [0.15, 0.2) is 70.5 Å². The molecule has 0 spiro atoms. The molecule has 1 saturated heterocycles. The van der Waals surface area contributed by atoms with Gasteiger partial charge < -0.3 is 39.3 Å². The molecule has 2 aromatic heterocycles. The zero-order valence-electron chi connectivity index (χ0n) is 21.4. The number of nitrogens with zero attached hydrogens (tertiary/aromatic N) is 3. The number of pyridine rings is 1. The lowest BCUT2D eigenvalue weighted by atomic mass is 10.1. The van der Waals surface area contributed by atoms with Crippen molar-refractivity contribution in [2.75, 3.05) is 6.61 Å². The fraction of sp³-hybridized carbons (Fsp3) is 0.286. The molecule has 1 aliphatic rings. The molecule has 0 radical (unpaired) electrons. The van der Waals surface area contributed by atoms with Gasteiger partial charge in [-0.2, -0.15) is 8.62 Å². The maximum Gasteiger partial charge on any atom is 0.490 e. The number of ether oxygens (including phenoxy) is 2. The lowest BCUT2D eigenvalue weighted by Crippen LogP contribution is -2.43. The zero-order chi connectivity index (χ0) is 31.6. The van der Waals surface area contributed by atoms with E-state index in [1.54, 1.807) is 36.4 Å². The van der Waals surface area contributed by atoms with Crippen LogP contribution >= 0.6 is 23.5 Å². The van der Waals surface area contributed by atoms with E-state index in [0.717, 1.165) is 21.4 Å². The molecule has 0 bridgehead atoms. The van der Waals surface area contributed by atoms with Crippen LogP contribution in [0.5, 0.6) is 11.5 Å². The molecule has 234 valence electrons. The Morgan fingerprint density at radius 3 is 2.26 bits per heavy atom. The van der Waals surface area contributed by atoms with Gasteiger partial charge in [0.25, 0.3) is 5.56 Å². The van der Waals surface area contributed by atoms with E-state index >= 15 is 0 Å². The minimum atomic E-state index is -5.80. The summed E-state index contributed by atoms with van der Waals surface area (Å²) < 4.78 is 58.5. The summed E-state index contributed by atoms with van der Waals surface area (Å²) in [6, 6.07) is 12.8. The number of benzene rings is 1. The maximum atomic E-state index is 13.2. The highest BCUT2D eigenvalue weighted by molar-refractivity contribution is 7.66. The lowest BCUT2D eigenvalue weighted by molar-refractivity contribution is -0.0547. The standard InChI is InChI=1S/C21H24N3O16P3/c25-17-7-9-23(21(28)24(17)11-13-10-15(6-8-22-13)37-14-4-2-1-3-5-14)20-19(27)18(26)16(38-20)12-36-42(32,33)40-43(34,35)39-41(29,30)31/h1-10,16,18-20,26-27H,11-12H2,(H,32,33)(H,34,35)(H2,29,30,31)/t16-,18?,19+,20-/m1/s1. The van der Waals surface area contributed by atoms with Gasteiger partial charge in [0.15, 0.2) is 6.23 Å². The number of aliphatic hydroxyl groups excluding tert-OH is 2. The van der Waals surface area contributed by atoms with Crippen LogP contribution in [-0.4, -0.2) is 68.8 Å². The smallest absolute Gasteiger partial charge is 0.457 e. The van der Waals surface area contributed by atoms with Crippen LogP contribution in [0.4, 0.5) is 0 Å². The highest BCUT2D eigenvalue weighted by atomic mass is 31.3. The first-order valence-corrected chi connectivity index (χ1v) is 16.4. The molecule has 6 atom stereocenters. The van der Waals surface area contributed by atoms with Gasteiger partial charge in [0.05, 0.1) is 18.8 Å². The summed E-state index contributed by atoms with van der Waals surface area (Å²) in [5, 5.41) is 20.9. The predicted octanol–water partition coefficient (Wildman–Crippen LogP) is 0.208. The molecule has 0 aliphatic carbocycles. The largest absolute Gasteiger partial charge is 0.490 e. The molecular weight excluding hydrogens is 643 g/mol. The molecular formula is C21H24N3O16P3. The number of hydrogen-bond donors (Lipinski definition) is 6. The molecule has 43 heavy (non-hydrogen) atoms. The molecule has 3 aromatic rings. The summed E-state index contributed by atoms with van der Waals surface area (Å²) in [5.41, 5.74) is -1.48. The monoisotopic (exact) mass is 667 g/mol. The quantitative estimate of drug-likeness (QED) is 0.141. The van der Waals surface area contributed by atoms with Gasteiger partial charge in [-0.1, -0.05) is 18.2 Å². The van der Waals surface area contributed by atoms with Crippen LogP contribution in [0.3, 0.4) is 0 Å². The first-order chi connectivity index (χ1) is 20.0. The Labute approximate surface area is 240 Å². The molecule has 0 amide bonds. The molecule has 1 fully saturated rings. The second kappa shape index (κ2) is 13.0. The van der Waals surface area contributed by atoms with Crippen LogP contribution in [0.1, 0.15) is 11.9 Å². The van der Waals surface area contributed by atoms with E-state index in [0.29, 0.717) is 11.5 Å². The number of phosphoric acid groups is 3. The average Bonchev–Trinajstić information content (AvgIpc) is 3.17. The molecule has 3 unspecified atom stereocenters. The van der Waals surface area contributed by atoms with Gasteiger partial charge in [0.2, 0.25) is 0 Å². The van der Waals surface area contributed by atoms with Crippen LogP contribution in [0.2, 0.25) is 0 Å². The number of aromatic nitrogens is 3. The third kappa shape index (κ3) is 8.84. The van der Waals surface area contributed by atoms with Gasteiger partial charge in [-0.25, -0.2) is 18.5 Å². The van der Waals surface area contributed by atoms with Crippen LogP contribution in [-0.2, 0) is 38.1 Å². The Kier molecular flexibility index (Phi) is 10.0. The minimum Gasteiger partial charge on any atom is -0.457 e. The fourth-order valence-electron chi connectivity index (χ4n) is 3.83. The van der Waals surface area contributed by atoms with Gasteiger partial charge in [0, 0.05) is 24.5 Å². The Morgan fingerprint density at radius 1 is 0.884 bits per heavy atom. The van der Waals surface area contributed by atoms with E-state index in [1.807, 2.05) is 0 Å². The third-order valence-corrected chi connectivity index (χ3v) is 9.41. The van der Waals surface area contributed by atoms with Crippen LogP contribution < -0.4 is 16.0 Å². The van der Waals surface area contributed by atoms with Crippen LogP contribution in [0.25, 0.3) is 0 Å². The molecule has 19 nitrogen and oxygen atoms in total. The molecule has 3 heterocycles. The van der Waals surface area contributed by atoms with Crippen molar-refractivity contribution < 1.29 is 66.1 Å². The Bertz CT molecular complexity index is 1710. The molecule has 6 N–H and O–H groups in total. The van der Waals surface area contributed by atoms with Crippen molar-refractivity contribution in [2.45, 2.75) is 31.1 Å². The van der Waals surface area contributed by atoms with Gasteiger partial charge >= 0.3 is 29.2 Å². The van der Waals surface area contributed by atoms with Gasteiger partial charge in [-0.3, -0.25) is 23.4 Å². The predicted molar refractivity (Wildman–Crippen MR) is 141 cm³/mol. The number of phosphoric ester groups is 1. The average molecular weight is 667 g/mol. The normalized spacial score (nSPS) is 23.4. The van der Waals surface area contributed by atoms with E-state index in [1.165, 1.54) is 12.3 Å². The summed E-state index contributed by atoms with van der Waals surface area (Å²) in [4.78, 5) is 66.0. The lowest BCUT2D eigenvalue weighted by Gasteiger charge is -2.19. The Hall–Kier alpha value is -2.86. The molecule has 1 aliphatic heterocycles. The number of hydrogen-bond acceptors (Lipinski definition) is 13. The summed E-state index contributed by atoms with van der Waals surface area (Å²) in [6.45, 7) is -1.42. The fourth-order valence-corrected chi connectivity index (χ4v) is 6.86. The Balaban J connectivity index is 1.48. The number of para-hydroxylation sites is 1. The van der Waals surface area contributed by atoms with Gasteiger partial charge in [-0.05, 0) is 18.2 Å². The second-order valence-electron chi connectivity index (χ2n) is 8.76. The van der Waals surface area contributed by atoms with Crippen LogP contribution in [0, 0.1) is 0 Å². The van der Waals surface area contributed by atoms with Crippen molar-refractivity contribution in [3.63, 3.8) is 0 Å². The topological polar surface area (TPSA) is 276 Å². The van der Waals surface area contributed by atoms with E-state index < -0.39 is 65.9 Å². The van der Waals surface area contributed by atoms with Crippen molar-refractivity contribution in [1.82, 2.24) is 14.1 Å². The van der Waals surface area contributed by atoms with E-state index in [9.17, 15) is 43.3 Å². The number of rotatable bonds is 12. The van der Waals surface area contributed by atoms with Gasteiger partial charge in [-0.15, -0.1) is 0 Å². The first-order valence-electron chi connectivity index (χ1n) is 11.8. The van der Waals surface area contributed by atoms with E-state index in [-0.39, 0.29) is 12.2 Å². The highest BCUT2D eigenvalue weighted by Crippen LogP contribution is 2.66. The highest BCUT2D eigenvalue weighted by Gasteiger charge is 2.47. The van der Waals surface area contributed by atoms with E-state index in [4.69, 9.17) is 19.3 Å². The third-order valence-electron chi connectivity index (χ3n) is 5.61. The van der Waals surface area contributed by atoms with Crippen molar-refractivity contribution in [3.8, 4) is 11.5 Å². The molecule has 4 rings (SSSR count). The zero-order valence-corrected chi connectivity index (χ0v) is 24.1. The first kappa shape index (κ1) is 33.0. The van der Waals surface area contributed by atoms with Crippen molar-refractivity contribution >= 4 is 23.5 Å². The SMILES string of the molecule is O=c1ccn([C@@H]2O[C@H](COP(=O)(O)OP(=O)(O)OP(=O)(O)O)C(O)[C@@H]2O)c(=O)n1Cc1cc(Oc2ccccc2)ccn1. The van der Waals surface area contributed by atoms with Crippen molar-refractivity contribution in [1.29, 1.82) is 0 Å². The van der Waals surface area contributed by atoms with Crippen molar-refractivity contribution in [3.05, 3.63) is 87.5 Å². The van der Waals surface area contributed by atoms with Gasteiger partial charge in [0.1, 0.15) is 29.8 Å². The summed E-state index contributed by atoms with van der Waals surface area (Å²) in [7, 11) is -17.0. The minimum absolute atomic E-state index is 0.257. The number of aliphatic hydroxyl groups is 2. The summed E-state index contributed by atoms with van der Waals surface area (Å²) in [5.74, 6) is 0.907. The second-order valence-corrected chi connectivity index (χ2v) is 13.2. The molecule has 0 saturated carbocycles. The maximum absolute atomic E-state index is 13.2.